The van der Waals surface area contributed by atoms with E-state index in [4.69, 9.17) is 4.74 Å². The van der Waals surface area contributed by atoms with E-state index >= 15 is 0 Å². The molecule has 0 aliphatic rings. The number of likely N-dealkylation sites (N-methyl/N-ethyl adjacent to an activating group) is 1. The molecule has 4 rings (SSSR count). The largest absolute Gasteiger partial charge is 0.507 e. The molecule has 0 radical (unpaired) electrons. The van der Waals surface area contributed by atoms with E-state index < -0.39 is 5.91 Å². The molecule has 1 aromatic heterocycles. The molecule has 0 bridgehead atoms. The van der Waals surface area contributed by atoms with Crippen LogP contribution in [0.15, 0.2) is 60.7 Å². The zero-order chi connectivity index (χ0) is 26.5. The lowest BCUT2D eigenvalue weighted by molar-refractivity contribution is 0.0782. The molecule has 10 nitrogen and oxygen atoms in total. The molecule has 0 atom stereocenters. The molecule has 0 unspecified atom stereocenters. The number of hydrogen-bond donors (Lipinski definition) is 4. The van der Waals surface area contributed by atoms with Crippen LogP contribution in [0.3, 0.4) is 0 Å². The van der Waals surface area contributed by atoms with Crippen molar-refractivity contribution < 1.29 is 24.9 Å². The average Bonchev–Trinajstić information content (AvgIpc) is 3.25. The predicted octanol–water partition coefficient (Wildman–Crippen LogP) is 3.23. The summed E-state index contributed by atoms with van der Waals surface area (Å²) >= 11 is 0. The van der Waals surface area contributed by atoms with Gasteiger partial charge in [-0.05, 0) is 49.4 Å². The quantitative estimate of drug-likeness (QED) is 0.256. The van der Waals surface area contributed by atoms with Gasteiger partial charge < -0.3 is 30.3 Å². The average molecular weight is 504 g/mol. The third-order valence-corrected chi connectivity index (χ3v) is 5.87. The van der Waals surface area contributed by atoms with E-state index in [0.717, 1.165) is 17.2 Å². The molecular weight excluding hydrogens is 474 g/mol. The van der Waals surface area contributed by atoms with Crippen molar-refractivity contribution in [2.45, 2.75) is 13.5 Å². The van der Waals surface area contributed by atoms with Gasteiger partial charge in [0.25, 0.3) is 5.91 Å². The highest BCUT2D eigenvalue weighted by Crippen LogP contribution is 2.37. The lowest BCUT2D eigenvalue weighted by atomic mass is 10.1. The van der Waals surface area contributed by atoms with Crippen molar-refractivity contribution in [3.05, 3.63) is 77.4 Å². The van der Waals surface area contributed by atoms with E-state index in [2.05, 4.69) is 15.5 Å². The van der Waals surface area contributed by atoms with Crippen LogP contribution < -0.4 is 10.1 Å². The van der Waals surface area contributed by atoms with E-state index in [1.807, 2.05) is 50.4 Å². The van der Waals surface area contributed by atoms with Gasteiger partial charge in [-0.25, -0.2) is 4.57 Å². The molecule has 1 heterocycles. The van der Waals surface area contributed by atoms with Crippen LogP contribution in [0.1, 0.15) is 21.5 Å². The Hall–Kier alpha value is -4.57. The summed E-state index contributed by atoms with van der Waals surface area (Å²) in [6.07, 6.45) is 0. The highest BCUT2D eigenvalue weighted by Gasteiger charge is 2.24. The topological polar surface area (TPSA) is 133 Å². The number of para-hydroxylation sites is 1. The second-order valence-electron chi connectivity index (χ2n) is 8.59. The van der Waals surface area contributed by atoms with E-state index in [-0.39, 0.29) is 41.0 Å². The first-order valence-electron chi connectivity index (χ1n) is 11.7. The third kappa shape index (κ3) is 5.49. The number of aromatic hydroxyl groups is 3. The number of phenolic OH excluding ortho intramolecular Hbond substituents is 2. The molecule has 0 saturated carbocycles. The van der Waals surface area contributed by atoms with Gasteiger partial charge in [0, 0.05) is 26.2 Å². The molecule has 3 aromatic carbocycles. The molecule has 0 aliphatic carbocycles. The fraction of sp³-hybridized carbons (Fsp3) is 0.222. The van der Waals surface area contributed by atoms with Crippen LogP contribution >= 0.6 is 0 Å². The second kappa shape index (κ2) is 11.0. The Labute approximate surface area is 214 Å². The van der Waals surface area contributed by atoms with Crippen molar-refractivity contribution in [2.24, 2.45) is 0 Å². The molecule has 37 heavy (non-hydrogen) atoms. The monoisotopic (exact) mass is 503 g/mol. The number of benzene rings is 3. The van der Waals surface area contributed by atoms with Crippen molar-refractivity contribution in [3.8, 4) is 40.3 Å². The van der Waals surface area contributed by atoms with Gasteiger partial charge in [0.15, 0.2) is 5.82 Å². The SMILES string of the molecule is CNCCOc1cccc(CN(C)C(=O)c2cc(-c3nnc(O)n3-c3ccccc3C)c(O)cc2O)c1. The van der Waals surface area contributed by atoms with E-state index in [9.17, 15) is 20.1 Å². The summed E-state index contributed by atoms with van der Waals surface area (Å²) in [5.41, 5.74) is 2.39. The number of ether oxygens (including phenoxy) is 1. The van der Waals surface area contributed by atoms with Gasteiger partial charge in [-0.15, -0.1) is 5.10 Å². The van der Waals surface area contributed by atoms with Crippen molar-refractivity contribution in [1.82, 2.24) is 25.0 Å². The van der Waals surface area contributed by atoms with Gasteiger partial charge >= 0.3 is 6.01 Å². The fourth-order valence-corrected chi connectivity index (χ4v) is 3.97. The molecule has 4 N–H and O–H groups in total. The standard InChI is InChI=1S/C27H29N5O5/c1-17-7-4-5-10-22(17)32-25(29-30-27(32)36)20-14-21(24(34)15-23(20)33)26(35)31(3)16-18-8-6-9-19(13-18)37-12-11-28-2/h4-10,13-15,28,33-34H,11-12,16H2,1-3H3,(H,30,36). The normalized spacial score (nSPS) is 10.9. The summed E-state index contributed by atoms with van der Waals surface area (Å²) in [4.78, 5) is 14.8. The van der Waals surface area contributed by atoms with Crippen molar-refractivity contribution >= 4 is 5.91 Å². The number of aryl methyl sites for hydroxylation is 1. The number of carbonyl (C=O) groups excluding carboxylic acids is 1. The van der Waals surface area contributed by atoms with Crippen LogP contribution in [0.5, 0.6) is 23.3 Å². The molecule has 0 saturated heterocycles. The van der Waals surface area contributed by atoms with E-state index in [1.54, 1.807) is 19.2 Å². The number of amides is 1. The second-order valence-corrected chi connectivity index (χ2v) is 8.59. The van der Waals surface area contributed by atoms with Crippen molar-refractivity contribution in [3.63, 3.8) is 0 Å². The van der Waals surface area contributed by atoms with Gasteiger partial charge in [-0.1, -0.05) is 35.4 Å². The molecule has 0 aliphatic heterocycles. The summed E-state index contributed by atoms with van der Waals surface area (Å²) in [6, 6.07) is 16.8. The van der Waals surface area contributed by atoms with Gasteiger partial charge in [0.05, 0.1) is 16.8 Å². The molecule has 0 fully saturated rings. The van der Waals surface area contributed by atoms with E-state index in [1.165, 1.54) is 15.5 Å². The minimum atomic E-state index is -0.466. The number of rotatable bonds is 9. The fourth-order valence-electron chi connectivity index (χ4n) is 3.97. The minimum Gasteiger partial charge on any atom is -0.507 e. The summed E-state index contributed by atoms with van der Waals surface area (Å²) in [5.74, 6) is -0.351. The summed E-state index contributed by atoms with van der Waals surface area (Å²) in [7, 11) is 3.46. The lowest BCUT2D eigenvalue weighted by Crippen LogP contribution is -2.26. The molecule has 10 heteroatoms. The Kier molecular flexibility index (Phi) is 7.59. The van der Waals surface area contributed by atoms with Crippen LogP contribution in [0.4, 0.5) is 0 Å². The third-order valence-electron chi connectivity index (χ3n) is 5.87. The first-order valence-corrected chi connectivity index (χ1v) is 11.7. The molecule has 192 valence electrons. The maximum atomic E-state index is 13.3. The first kappa shape index (κ1) is 25.5. The zero-order valence-electron chi connectivity index (χ0n) is 20.8. The van der Waals surface area contributed by atoms with E-state index in [0.29, 0.717) is 24.6 Å². The Morgan fingerprint density at radius 1 is 1.03 bits per heavy atom. The van der Waals surface area contributed by atoms with Gasteiger partial charge in [0.2, 0.25) is 0 Å². The van der Waals surface area contributed by atoms with Crippen LogP contribution in [-0.4, -0.2) is 68.1 Å². The molecule has 4 aromatic rings. The van der Waals surface area contributed by atoms with Crippen LogP contribution in [0.2, 0.25) is 0 Å². The predicted molar refractivity (Wildman–Crippen MR) is 138 cm³/mol. The molecule has 1 amide bonds. The van der Waals surface area contributed by atoms with Crippen molar-refractivity contribution in [2.75, 3.05) is 27.2 Å². The Morgan fingerprint density at radius 2 is 1.81 bits per heavy atom. The molecular formula is C27H29N5O5. The maximum Gasteiger partial charge on any atom is 0.319 e. The number of nitrogens with zero attached hydrogens (tertiary/aromatic N) is 4. The zero-order valence-corrected chi connectivity index (χ0v) is 20.8. The number of aromatic nitrogens is 3. The van der Waals surface area contributed by atoms with Gasteiger partial charge in [-0.2, -0.15) is 0 Å². The Balaban J connectivity index is 1.64. The highest BCUT2D eigenvalue weighted by atomic mass is 16.5. The Bertz CT molecular complexity index is 1420. The first-order chi connectivity index (χ1) is 17.8. The molecule has 0 spiro atoms. The van der Waals surface area contributed by atoms with Gasteiger partial charge in [0.1, 0.15) is 23.9 Å². The number of carbonyl (C=O) groups is 1. The number of hydrogen-bond acceptors (Lipinski definition) is 8. The van der Waals surface area contributed by atoms with Crippen LogP contribution in [0, 0.1) is 6.92 Å². The summed E-state index contributed by atoms with van der Waals surface area (Å²) in [6.45, 7) is 3.35. The van der Waals surface area contributed by atoms with Crippen molar-refractivity contribution in [1.29, 1.82) is 0 Å². The van der Waals surface area contributed by atoms with Gasteiger partial charge in [-0.3, -0.25) is 4.79 Å². The number of nitrogens with one attached hydrogen (secondary N) is 1. The Morgan fingerprint density at radius 3 is 2.57 bits per heavy atom. The maximum absolute atomic E-state index is 13.3. The number of phenols is 2. The lowest BCUT2D eigenvalue weighted by Gasteiger charge is -2.19. The van der Waals surface area contributed by atoms with Crippen LogP contribution in [0.25, 0.3) is 17.1 Å². The minimum absolute atomic E-state index is 0.0319. The summed E-state index contributed by atoms with van der Waals surface area (Å²) < 4.78 is 7.07. The smallest absolute Gasteiger partial charge is 0.319 e. The summed E-state index contributed by atoms with van der Waals surface area (Å²) in [5, 5.41) is 42.4. The highest BCUT2D eigenvalue weighted by molar-refractivity contribution is 5.98. The van der Waals surface area contributed by atoms with Crippen LogP contribution in [-0.2, 0) is 6.54 Å².